The molecule has 0 unspecified atom stereocenters. The number of carboxylic acid groups (broad SMARTS) is 1. The lowest BCUT2D eigenvalue weighted by atomic mass is 10.0. The van der Waals surface area contributed by atoms with Crippen molar-refractivity contribution in [2.45, 2.75) is 32.4 Å². The Balaban J connectivity index is 1.69. The van der Waals surface area contributed by atoms with E-state index < -0.39 is 11.9 Å². The third-order valence-corrected chi connectivity index (χ3v) is 4.78. The van der Waals surface area contributed by atoms with E-state index in [1.807, 2.05) is 60.7 Å². The van der Waals surface area contributed by atoms with Gasteiger partial charge in [0.2, 0.25) is 5.91 Å². The van der Waals surface area contributed by atoms with E-state index in [-0.39, 0.29) is 11.8 Å². The number of hydrogen-bond acceptors (Lipinski definition) is 3. The van der Waals surface area contributed by atoms with Crippen molar-refractivity contribution >= 4 is 11.9 Å². The molecule has 0 saturated heterocycles. The molecule has 5 nitrogen and oxygen atoms in total. The molecular weight excluding hydrogens is 330 g/mol. The minimum atomic E-state index is -0.819. The van der Waals surface area contributed by atoms with Gasteiger partial charge >= 0.3 is 5.97 Å². The second kappa shape index (κ2) is 8.63. The van der Waals surface area contributed by atoms with Crippen LogP contribution in [0.1, 0.15) is 30.4 Å². The molecule has 0 aliphatic heterocycles. The van der Waals surface area contributed by atoms with Crippen molar-refractivity contribution in [1.29, 1.82) is 0 Å². The Morgan fingerprint density at radius 1 is 0.923 bits per heavy atom. The van der Waals surface area contributed by atoms with E-state index in [0.29, 0.717) is 32.4 Å². The minimum Gasteiger partial charge on any atom is -0.481 e. The number of rotatable bonds is 7. The molecule has 1 aliphatic carbocycles. The van der Waals surface area contributed by atoms with Crippen molar-refractivity contribution in [3.63, 3.8) is 0 Å². The molecule has 0 radical (unpaired) electrons. The maximum atomic E-state index is 12.9. The molecule has 1 aliphatic rings. The lowest BCUT2D eigenvalue weighted by Crippen LogP contribution is -2.35. The molecule has 2 aromatic rings. The lowest BCUT2D eigenvalue weighted by molar-refractivity contribution is -0.199. The first kappa shape index (κ1) is 18.1. The van der Waals surface area contributed by atoms with Crippen LogP contribution in [-0.2, 0) is 27.6 Å². The van der Waals surface area contributed by atoms with Crippen molar-refractivity contribution in [3.8, 4) is 0 Å². The van der Waals surface area contributed by atoms with E-state index >= 15 is 0 Å². The van der Waals surface area contributed by atoms with Crippen molar-refractivity contribution in [2.75, 3.05) is 0 Å². The number of carboxylic acids is 1. The zero-order valence-electron chi connectivity index (χ0n) is 14.6. The largest absolute Gasteiger partial charge is 0.481 e. The van der Waals surface area contributed by atoms with Crippen LogP contribution in [0.4, 0.5) is 0 Å². The van der Waals surface area contributed by atoms with E-state index in [0.717, 1.165) is 11.1 Å². The molecule has 0 bridgehead atoms. The lowest BCUT2D eigenvalue weighted by Gasteiger charge is -2.25. The van der Waals surface area contributed by atoms with E-state index in [9.17, 15) is 14.7 Å². The molecule has 2 aromatic carbocycles. The van der Waals surface area contributed by atoms with Gasteiger partial charge in [-0.25, -0.2) is 5.06 Å². The van der Waals surface area contributed by atoms with Crippen LogP contribution in [0, 0.1) is 11.8 Å². The molecule has 2 atom stereocenters. The SMILES string of the molecule is O=C(O)[C@@H]1CC[C@H](C(=O)N(Cc2ccccc2)OCc2ccccc2)C1. The number of amides is 1. The molecule has 0 spiro atoms. The standard InChI is InChI=1S/C21H23NO4/c23-20(18-11-12-19(13-18)21(24)25)22(14-16-7-3-1-4-8-16)26-15-17-9-5-2-6-10-17/h1-10,18-19H,11-15H2,(H,24,25)/t18-,19+/m0/s1. The summed E-state index contributed by atoms with van der Waals surface area (Å²) in [6.45, 7) is 0.648. The number of hydrogen-bond donors (Lipinski definition) is 1. The summed E-state index contributed by atoms with van der Waals surface area (Å²) in [7, 11) is 0. The van der Waals surface area contributed by atoms with Gasteiger partial charge in [-0.15, -0.1) is 0 Å². The van der Waals surface area contributed by atoms with Gasteiger partial charge in [-0.3, -0.25) is 14.4 Å². The first-order valence-electron chi connectivity index (χ1n) is 8.88. The predicted molar refractivity (Wildman–Crippen MR) is 96.7 cm³/mol. The molecule has 1 amide bonds. The van der Waals surface area contributed by atoms with Gasteiger partial charge in [-0.05, 0) is 30.4 Å². The summed E-state index contributed by atoms with van der Waals surface area (Å²) in [6, 6.07) is 19.3. The molecule has 1 N–H and O–H groups in total. The Hall–Kier alpha value is -2.66. The van der Waals surface area contributed by atoms with Crippen LogP contribution < -0.4 is 0 Å². The topological polar surface area (TPSA) is 66.8 Å². The summed E-state index contributed by atoms with van der Waals surface area (Å²) in [5.41, 5.74) is 1.95. The predicted octanol–water partition coefficient (Wildman–Crippen LogP) is 3.65. The third-order valence-electron chi connectivity index (χ3n) is 4.78. The summed E-state index contributed by atoms with van der Waals surface area (Å²) >= 11 is 0. The Morgan fingerprint density at radius 3 is 2.08 bits per heavy atom. The molecule has 5 heteroatoms. The van der Waals surface area contributed by atoms with Gasteiger partial charge in [0.15, 0.2) is 0 Å². The highest BCUT2D eigenvalue weighted by atomic mass is 16.7. The Labute approximate surface area is 153 Å². The number of hydroxylamine groups is 2. The van der Waals surface area contributed by atoms with E-state index in [1.54, 1.807) is 0 Å². The van der Waals surface area contributed by atoms with Crippen LogP contribution in [0.15, 0.2) is 60.7 Å². The maximum absolute atomic E-state index is 12.9. The summed E-state index contributed by atoms with van der Waals surface area (Å²) in [4.78, 5) is 30.0. The van der Waals surface area contributed by atoms with E-state index in [1.165, 1.54) is 5.06 Å². The molecule has 0 heterocycles. The van der Waals surface area contributed by atoms with Gasteiger partial charge in [0.1, 0.15) is 6.61 Å². The number of carbonyl (C=O) groups is 2. The third kappa shape index (κ3) is 4.70. The highest BCUT2D eigenvalue weighted by Crippen LogP contribution is 2.33. The molecule has 3 rings (SSSR count). The number of aliphatic carboxylic acids is 1. The van der Waals surface area contributed by atoms with Crippen LogP contribution in [-0.4, -0.2) is 22.0 Å². The summed E-state index contributed by atoms with van der Waals surface area (Å²) < 4.78 is 0. The fraction of sp³-hybridized carbons (Fsp3) is 0.333. The zero-order valence-corrected chi connectivity index (χ0v) is 14.6. The van der Waals surface area contributed by atoms with E-state index in [2.05, 4.69) is 0 Å². The fourth-order valence-corrected chi connectivity index (χ4v) is 3.30. The van der Waals surface area contributed by atoms with Gasteiger partial charge in [-0.1, -0.05) is 60.7 Å². The molecule has 1 fully saturated rings. The monoisotopic (exact) mass is 353 g/mol. The van der Waals surface area contributed by atoms with Gasteiger partial charge in [0.05, 0.1) is 12.5 Å². The first-order valence-corrected chi connectivity index (χ1v) is 8.88. The van der Waals surface area contributed by atoms with Crippen molar-refractivity contribution in [1.82, 2.24) is 5.06 Å². The molecule has 1 saturated carbocycles. The Kier molecular flexibility index (Phi) is 6.02. The highest BCUT2D eigenvalue weighted by Gasteiger charge is 2.36. The normalized spacial score (nSPS) is 19.2. The second-order valence-corrected chi connectivity index (χ2v) is 6.66. The molecule has 136 valence electrons. The fourth-order valence-electron chi connectivity index (χ4n) is 3.30. The molecule has 26 heavy (non-hydrogen) atoms. The first-order chi connectivity index (χ1) is 12.6. The van der Waals surface area contributed by atoms with Gasteiger partial charge < -0.3 is 5.11 Å². The van der Waals surface area contributed by atoms with E-state index in [4.69, 9.17) is 4.84 Å². The Morgan fingerprint density at radius 2 is 1.50 bits per heavy atom. The number of benzene rings is 2. The quantitative estimate of drug-likeness (QED) is 0.772. The maximum Gasteiger partial charge on any atom is 0.306 e. The smallest absolute Gasteiger partial charge is 0.306 e. The van der Waals surface area contributed by atoms with Crippen LogP contribution in [0.25, 0.3) is 0 Å². The number of carbonyl (C=O) groups excluding carboxylic acids is 1. The molecule has 0 aromatic heterocycles. The summed E-state index contributed by atoms with van der Waals surface area (Å²) in [6.07, 6.45) is 1.52. The van der Waals surface area contributed by atoms with Crippen LogP contribution in [0.3, 0.4) is 0 Å². The zero-order chi connectivity index (χ0) is 18.4. The van der Waals surface area contributed by atoms with Crippen molar-refractivity contribution < 1.29 is 19.5 Å². The minimum absolute atomic E-state index is 0.131. The summed E-state index contributed by atoms with van der Waals surface area (Å²) in [5.74, 6) is -1.68. The highest BCUT2D eigenvalue weighted by molar-refractivity contribution is 5.80. The summed E-state index contributed by atoms with van der Waals surface area (Å²) in [5, 5.41) is 10.6. The van der Waals surface area contributed by atoms with Gasteiger partial charge in [0.25, 0.3) is 0 Å². The van der Waals surface area contributed by atoms with Gasteiger partial charge in [-0.2, -0.15) is 0 Å². The number of nitrogens with zero attached hydrogens (tertiary/aromatic N) is 1. The Bertz CT molecular complexity index is 732. The van der Waals surface area contributed by atoms with Crippen LogP contribution in [0.2, 0.25) is 0 Å². The van der Waals surface area contributed by atoms with Crippen LogP contribution >= 0.6 is 0 Å². The van der Waals surface area contributed by atoms with Crippen LogP contribution in [0.5, 0.6) is 0 Å². The van der Waals surface area contributed by atoms with Crippen molar-refractivity contribution in [2.24, 2.45) is 11.8 Å². The average Bonchev–Trinajstić information content (AvgIpc) is 3.17. The molecular formula is C21H23NO4. The van der Waals surface area contributed by atoms with Gasteiger partial charge in [0, 0.05) is 5.92 Å². The average molecular weight is 353 g/mol. The second-order valence-electron chi connectivity index (χ2n) is 6.66. The van der Waals surface area contributed by atoms with Crippen molar-refractivity contribution in [3.05, 3.63) is 71.8 Å².